The molecule has 1 aliphatic heterocycles. The second-order valence-electron chi connectivity index (χ2n) is 7.23. The maximum atomic E-state index is 13.5. The van der Waals surface area contributed by atoms with E-state index in [9.17, 15) is 28.4 Å². The van der Waals surface area contributed by atoms with Crippen molar-refractivity contribution in [2.45, 2.75) is 57.9 Å². The normalized spacial score (nSPS) is 14.2. The molecule has 0 saturated heterocycles. The smallest absolute Gasteiger partial charge is 0.334 e. The number of nitrogens with two attached hydrogens (primary N) is 1. The van der Waals surface area contributed by atoms with Crippen LogP contribution in [0.2, 0.25) is 0 Å². The summed E-state index contributed by atoms with van der Waals surface area (Å²) in [6.07, 6.45) is 5.33. The van der Waals surface area contributed by atoms with E-state index in [-0.39, 0.29) is 37.5 Å². The molecule has 11 nitrogen and oxygen atoms in total. The van der Waals surface area contributed by atoms with E-state index in [0.717, 1.165) is 25.7 Å². The second kappa shape index (κ2) is 13.8. The molecule has 0 aromatic heterocycles. The minimum atomic E-state index is -1.14. The summed E-state index contributed by atoms with van der Waals surface area (Å²) in [5.74, 6) is -2.63. The Bertz CT molecular complexity index is 770. The second-order valence-corrected chi connectivity index (χ2v) is 7.23. The Labute approximate surface area is 186 Å². The van der Waals surface area contributed by atoms with E-state index in [2.05, 4.69) is 34.8 Å². The van der Waals surface area contributed by atoms with E-state index in [1.165, 1.54) is 0 Å². The lowest BCUT2D eigenvalue weighted by Gasteiger charge is -2.23. The molecule has 0 unspecified atom stereocenters. The highest BCUT2D eigenvalue weighted by Gasteiger charge is 2.26. The zero-order valence-corrected chi connectivity index (χ0v) is 18.2. The van der Waals surface area contributed by atoms with Gasteiger partial charge in [-0.1, -0.05) is 39.2 Å². The van der Waals surface area contributed by atoms with Gasteiger partial charge in [0.1, 0.15) is 6.04 Å². The van der Waals surface area contributed by atoms with Crippen LogP contribution in [0.5, 0.6) is 0 Å². The Hall–Kier alpha value is -3.44. The van der Waals surface area contributed by atoms with E-state index in [0.29, 0.717) is 17.5 Å². The number of rotatable bonds is 13. The molecule has 1 atom stereocenters. The van der Waals surface area contributed by atoms with E-state index >= 15 is 0 Å². The van der Waals surface area contributed by atoms with Crippen molar-refractivity contribution in [2.24, 2.45) is 5.73 Å². The van der Waals surface area contributed by atoms with Crippen LogP contribution in [0.25, 0.3) is 0 Å². The van der Waals surface area contributed by atoms with Crippen LogP contribution in [0.4, 0.5) is 14.0 Å². The molecule has 0 saturated carbocycles. The monoisotopic (exact) mass is 454 g/mol. The van der Waals surface area contributed by atoms with Crippen LogP contribution in [0.3, 0.4) is 0 Å². The number of hydrogen-bond acceptors (Lipinski definition) is 5. The van der Waals surface area contributed by atoms with Gasteiger partial charge in [0.2, 0.25) is 17.7 Å². The first kappa shape index (κ1) is 26.6. The minimum Gasteiger partial charge on any atom is -0.370 e. The van der Waals surface area contributed by atoms with Crippen molar-refractivity contribution in [2.75, 3.05) is 13.1 Å². The number of carbonyl (C=O) groups is 5. The minimum absolute atomic E-state index is 0.0684. The molecular weight excluding hydrogens is 423 g/mol. The molecule has 0 fully saturated rings. The van der Waals surface area contributed by atoms with Gasteiger partial charge in [0.05, 0.1) is 18.3 Å². The summed E-state index contributed by atoms with van der Waals surface area (Å²) < 4.78 is 13.5. The Morgan fingerprint density at radius 1 is 1.16 bits per heavy atom. The number of primary amides is 1. The maximum absolute atomic E-state index is 13.5. The number of allylic oxidation sites excluding steroid dienone is 1. The zero-order chi connectivity index (χ0) is 24.1. The van der Waals surface area contributed by atoms with Gasteiger partial charge in [-0.15, -0.1) is 0 Å². The summed E-state index contributed by atoms with van der Waals surface area (Å²) in [6, 6.07) is -2.93. The lowest BCUT2D eigenvalue weighted by atomic mass is 10.1. The third-order valence-electron chi connectivity index (χ3n) is 4.49. The summed E-state index contributed by atoms with van der Waals surface area (Å²) in [5, 5.41) is 9.37. The highest BCUT2D eigenvalue weighted by atomic mass is 19.1. The van der Waals surface area contributed by atoms with Gasteiger partial charge >= 0.3 is 12.1 Å². The van der Waals surface area contributed by atoms with E-state index in [4.69, 9.17) is 5.73 Å². The van der Waals surface area contributed by atoms with Crippen molar-refractivity contribution < 1.29 is 28.4 Å². The lowest BCUT2D eigenvalue weighted by Crippen LogP contribution is -2.51. The number of unbranched alkanes of at least 4 members (excludes halogenated alkanes) is 4. The van der Waals surface area contributed by atoms with Crippen molar-refractivity contribution in [3.8, 4) is 0 Å². The van der Waals surface area contributed by atoms with Gasteiger partial charge in [0.25, 0.3) is 0 Å². The largest absolute Gasteiger partial charge is 0.370 e. The highest BCUT2D eigenvalue weighted by Crippen LogP contribution is 2.14. The van der Waals surface area contributed by atoms with Crippen molar-refractivity contribution in [3.63, 3.8) is 0 Å². The Morgan fingerprint density at radius 3 is 2.47 bits per heavy atom. The Balaban J connectivity index is 2.44. The van der Waals surface area contributed by atoms with E-state index in [1.54, 1.807) is 0 Å². The molecule has 0 spiro atoms. The van der Waals surface area contributed by atoms with Crippen LogP contribution in [-0.4, -0.2) is 53.8 Å². The molecule has 1 aliphatic rings. The quantitative estimate of drug-likeness (QED) is 0.261. The fraction of sp³-hybridized carbons (Fsp3) is 0.550. The summed E-state index contributed by atoms with van der Waals surface area (Å²) >= 11 is 0. The van der Waals surface area contributed by atoms with Gasteiger partial charge in [0, 0.05) is 19.5 Å². The number of nitrogens with zero attached hydrogens (tertiary/aromatic N) is 1. The number of halogens is 1. The third kappa shape index (κ3) is 9.58. The summed E-state index contributed by atoms with van der Waals surface area (Å²) in [7, 11) is 0. The molecule has 0 radical (unpaired) electrons. The maximum Gasteiger partial charge on any atom is 0.334 e. The van der Waals surface area contributed by atoms with E-state index < -0.39 is 35.7 Å². The molecule has 0 bridgehead atoms. The van der Waals surface area contributed by atoms with Gasteiger partial charge in [-0.05, 0) is 6.42 Å². The lowest BCUT2D eigenvalue weighted by molar-refractivity contribution is -0.131. The molecule has 0 aromatic carbocycles. The molecule has 6 N–H and O–H groups in total. The van der Waals surface area contributed by atoms with Gasteiger partial charge in [-0.2, -0.15) is 0 Å². The molecule has 178 valence electrons. The standard InChI is InChI=1S/C20H31FN6O5/c1-3-4-5-6-7-8-17(29)26-15(11-16(22)28)18(30)23-9-10-24-19(31)27-12-14(21)13(2)25-20(27)32/h12,15H,2-11H2,1H3,(H2,22,28)(H,23,30)(H,24,31)(H,25,32)(H,26,29)/t15-/m1/s1. The first-order valence-electron chi connectivity index (χ1n) is 10.5. The number of nitrogens with one attached hydrogen (secondary N) is 4. The van der Waals surface area contributed by atoms with Crippen LogP contribution in [0, 0.1) is 0 Å². The number of amides is 7. The zero-order valence-electron chi connectivity index (χ0n) is 18.2. The SMILES string of the molecule is C=C1NC(=O)N(C(=O)NCCNC(=O)[C@@H](CC(N)=O)NC(=O)CCCCCCC)C=C1F. The first-order chi connectivity index (χ1) is 15.1. The van der Waals surface area contributed by atoms with Crippen LogP contribution in [0.15, 0.2) is 24.3 Å². The average molecular weight is 455 g/mol. The third-order valence-corrected chi connectivity index (χ3v) is 4.49. The van der Waals surface area contributed by atoms with Crippen molar-refractivity contribution in [1.29, 1.82) is 0 Å². The molecule has 0 aromatic rings. The van der Waals surface area contributed by atoms with Gasteiger partial charge in [0.15, 0.2) is 5.83 Å². The van der Waals surface area contributed by atoms with Crippen molar-refractivity contribution >= 4 is 29.8 Å². The topological polar surface area (TPSA) is 163 Å². The Morgan fingerprint density at radius 2 is 1.81 bits per heavy atom. The van der Waals surface area contributed by atoms with Crippen LogP contribution in [-0.2, 0) is 14.4 Å². The first-order valence-corrected chi connectivity index (χ1v) is 10.5. The number of hydrogen-bond donors (Lipinski definition) is 5. The molecule has 7 amide bonds. The fourth-order valence-electron chi connectivity index (χ4n) is 2.78. The molecular formula is C20H31FN6O5. The summed E-state index contributed by atoms with van der Waals surface area (Å²) in [4.78, 5) is 59.8. The van der Waals surface area contributed by atoms with Gasteiger partial charge < -0.3 is 27.0 Å². The van der Waals surface area contributed by atoms with Crippen molar-refractivity contribution in [3.05, 3.63) is 24.3 Å². The average Bonchev–Trinajstić information content (AvgIpc) is 2.72. The summed E-state index contributed by atoms with van der Waals surface area (Å²) in [5.41, 5.74) is 4.91. The van der Waals surface area contributed by atoms with Gasteiger partial charge in [-0.3, -0.25) is 14.4 Å². The molecule has 0 aliphatic carbocycles. The summed E-state index contributed by atoms with van der Waals surface area (Å²) in [6.45, 7) is 5.20. The van der Waals surface area contributed by atoms with Crippen LogP contribution in [0.1, 0.15) is 51.9 Å². The fourth-order valence-corrected chi connectivity index (χ4v) is 2.78. The predicted molar refractivity (Wildman–Crippen MR) is 114 cm³/mol. The molecule has 1 rings (SSSR count). The number of urea groups is 2. The van der Waals surface area contributed by atoms with E-state index in [1.807, 2.05) is 0 Å². The Kier molecular flexibility index (Phi) is 11.5. The number of imide groups is 1. The number of carbonyl (C=O) groups excluding carboxylic acids is 5. The highest BCUT2D eigenvalue weighted by molar-refractivity contribution is 5.97. The molecule has 1 heterocycles. The molecule has 32 heavy (non-hydrogen) atoms. The van der Waals surface area contributed by atoms with Gasteiger partial charge in [-0.25, -0.2) is 18.9 Å². The molecule has 12 heteroatoms. The van der Waals surface area contributed by atoms with Crippen LogP contribution >= 0.6 is 0 Å². The van der Waals surface area contributed by atoms with Crippen molar-refractivity contribution in [1.82, 2.24) is 26.2 Å². The predicted octanol–water partition coefficient (Wildman–Crippen LogP) is 0.883. The van der Waals surface area contributed by atoms with Crippen LogP contribution < -0.4 is 27.0 Å².